The molecular weight excluding hydrogens is 269 g/mol. The summed E-state index contributed by atoms with van der Waals surface area (Å²) in [7, 11) is 0. The molecule has 0 saturated heterocycles. The van der Waals surface area contributed by atoms with Gasteiger partial charge in [0.15, 0.2) is 0 Å². The normalized spacial score (nSPS) is 10.4. The quantitative estimate of drug-likeness (QED) is 0.682. The molecule has 0 aromatic heterocycles. The molecule has 0 fully saturated rings. The van der Waals surface area contributed by atoms with Gasteiger partial charge >= 0.3 is 0 Å². The molecule has 21 heavy (non-hydrogen) atoms. The fourth-order valence-corrected chi connectivity index (χ4v) is 2.10. The number of unbranched alkanes of at least 4 members (excludes halogenated alkanes) is 2. The van der Waals surface area contributed by atoms with Crippen LogP contribution in [0.4, 0.5) is 10.1 Å². The molecule has 1 rings (SSSR count). The maximum absolute atomic E-state index is 14.2. The van der Waals surface area contributed by atoms with E-state index in [0.717, 1.165) is 19.3 Å². The first-order chi connectivity index (χ1) is 10.1. The van der Waals surface area contributed by atoms with Crippen LogP contribution in [0, 0.1) is 5.82 Å². The molecule has 0 aliphatic carbocycles. The molecule has 0 aliphatic heterocycles. The number of carbonyl (C=O) groups is 2. The van der Waals surface area contributed by atoms with Crippen molar-refractivity contribution in [1.29, 1.82) is 0 Å². The number of halogens is 1. The highest BCUT2D eigenvalue weighted by atomic mass is 19.1. The lowest BCUT2D eigenvalue weighted by Crippen LogP contribution is -2.11. The van der Waals surface area contributed by atoms with Gasteiger partial charge in [-0.1, -0.05) is 32.4 Å². The van der Waals surface area contributed by atoms with Crippen molar-refractivity contribution in [2.75, 3.05) is 5.32 Å². The third-order valence-electron chi connectivity index (χ3n) is 3.47. The van der Waals surface area contributed by atoms with Crippen molar-refractivity contribution in [2.45, 2.75) is 58.8 Å². The Morgan fingerprint density at radius 2 is 1.90 bits per heavy atom. The summed E-state index contributed by atoms with van der Waals surface area (Å²) in [5, 5.41) is 2.57. The van der Waals surface area contributed by atoms with Crippen molar-refractivity contribution in [1.82, 2.24) is 0 Å². The van der Waals surface area contributed by atoms with Gasteiger partial charge in [0.1, 0.15) is 11.6 Å². The minimum absolute atomic E-state index is 0. The molecule has 0 aliphatic rings. The molecule has 1 aromatic carbocycles. The highest BCUT2D eigenvalue weighted by Crippen LogP contribution is 2.20. The van der Waals surface area contributed by atoms with Crippen LogP contribution in [0.15, 0.2) is 18.2 Å². The summed E-state index contributed by atoms with van der Waals surface area (Å²) in [6, 6.07) is 5.07. The zero-order valence-corrected chi connectivity index (χ0v) is 12.9. The van der Waals surface area contributed by atoms with E-state index in [1.54, 1.807) is 25.1 Å². The van der Waals surface area contributed by atoms with Crippen LogP contribution < -0.4 is 5.32 Å². The van der Waals surface area contributed by atoms with E-state index >= 15 is 0 Å². The van der Waals surface area contributed by atoms with Crippen LogP contribution >= 0.6 is 0 Å². The number of carbonyl (C=O) groups excluding carboxylic acids is 2. The van der Waals surface area contributed by atoms with Crippen molar-refractivity contribution in [3.05, 3.63) is 29.6 Å². The molecule has 4 heteroatoms. The van der Waals surface area contributed by atoms with Gasteiger partial charge in [-0.25, -0.2) is 4.39 Å². The van der Waals surface area contributed by atoms with Crippen LogP contribution in [-0.4, -0.2) is 11.7 Å². The lowest BCUT2D eigenvalue weighted by molar-refractivity contribution is -0.119. The Morgan fingerprint density at radius 3 is 2.57 bits per heavy atom. The van der Waals surface area contributed by atoms with Crippen LogP contribution in [0.2, 0.25) is 0 Å². The van der Waals surface area contributed by atoms with Crippen LogP contribution in [0.25, 0.3) is 0 Å². The zero-order chi connectivity index (χ0) is 15.7. The topological polar surface area (TPSA) is 46.2 Å². The lowest BCUT2D eigenvalue weighted by atomic mass is 10.0. The van der Waals surface area contributed by atoms with E-state index in [9.17, 15) is 14.0 Å². The van der Waals surface area contributed by atoms with Crippen LogP contribution in [0.3, 0.4) is 0 Å². The highest BCUT2D eigenvalue weighted by Gasteiger charge is 2.09. The number of amides is 1. The predicted molar refractivity (Wildman–Crippen MR) is 84.9 cm³/mol. The molecule has 118 valence electrons. The lowest BCUT2D eigenvalue weighted by Gasteiger charge is -2.09. The molecule has 0 heterocycles. The largest absolute Gasteiger partial charge is 0.324 e. The van der Waals surface area contributed by atoms with Gasteiger partial charge in [-0.15, -0.1) is 0 Å². The second-order valence-electron chi connectivity index (χ2n) is 5.13. The molecule has 3 nitrogen and oxygen atoms in total. The molecule has 0 atom stereocenters. The Labute approximate surface area is 127 Å². The molecule has 1 N–H and O–H groups in total. The predicted octanol–water partition coefficient (Wildman–Crippen LogP) is 4.50. The standard InChI is InChI=1S/C17H24FNO2.H2/c1-3-14(20)11-7-5-6-9-13-10-8-12-15(17(13)18)19-16(21)4-2;/h8,10,12H,3-7,9,11H2,1-2H3,(H,19,21);1H. The average molecular weight is 295 g/mol. The minimum Gasteiger partial charge on any atom is -0.324 e. The van der Waals surface area contributed by atoms with Crippen molar-refractivity contribution in [3.63, 3.8) is 0 Å². The first kappa shape index (κ1) is 17.3. The average Bonchev–Trinajstić information content (AvgIpc) is 2.49. The Hall–Kier alpha value is -1.71. The summed E-state index contributed by atoms with van der Waals surface area (Å²) < 4.78 is 14.2. The van der Waals surface area contributed by atoms with Crippen molar-refractivity contribution < 1.29 is 15.4 Å². The van der Waals surface area contributed by atoms with Gasteiger partial charge < -0.3 is 5.32 Å². The van der Waals surface area contributed by atoms with Crippen LogP contribution in [-0.2, 0) is 16.0 Å². The number of anilines is 1. The smallest absolute Gasteiger partial charge is 0.224 e. The molecule has 0 unspecified atom stereocenters. The first-order valence-electron chi connectivity index (χ1n) is 7.67. The molecule has 1 aromatic rings. The van der Waals surface area contributed by atoms with E-state index in [2.05, 4.69) is 5.32 Å². The van der Waals surface area contributed by atoms with Gasteiger partial charge in [-0.3, -0.25) is 9.59 Å². The van der Waals surface area contributed by atoms with Crippen LogP contribution in [0.1, 0.15) is 59.4 Å². The number of rotatable bonds is 9. The summed E-state index contributed by atoms with van der Waals surface area (Å²) in [5.41, 5.74) is 0.867. The van der Waals surface area contributed by atoms with Gasteiger partial charge in [0.25, 0.3) is 0 Å². The monoisotopic (exact) mass is 295 g/mol. The summed E-state index contributed by atoms with van der Waals surface area (Å²) in [5.74, 6) is -0.251. The number of Topliss-reactive ketones (excluding diaryl/α,β-unsaturated/α-hetero) is 1. The van der Waals surface area contributed by atoms with Crippen molar-refractivity contribution in [3.8, 4) is 0 Å². The fourth-order valence-electron chi connectivity index (χ4n) is 2.10. The maximum Gasteiger partial charge on any atom is 0.224 e. The van der Waals surface area contributed by atoms with Gasteiger partial charge in [0.05, 0.1) is 5.69 Å². The van der Waals surface area contributed by atoms with E-state index in [0.29, 0.717) is 31.2 Å². The Kier molecular flexibility index (Phi) is 7.65. The Balaban J connectivity index is 0.00000441. The highest BCUT2D eigenvalue weighted by molar-refractivity contribution is 5.90. The third kappa shape index (κ3) is 6.06. The SMILES string of the molecule is CCC(=O)CCCCCc1cccc(NC(=O)CC)c1F.[HH]. The van der Waals surface area contributed by atoms with E-state index in [-0.39, 0.29) is 24.6 Å². The summed E-state index contributed by atoms with van der Waals surface area (Å²) >= 11 is 0. The summed E-state index contributed by atoms with van der Waals surface area (Å²) in [6.45, 7) is 3.60. The van der Waals surface area contributed by atoms with Gasteiger partial charge in [0.2, 0.25) is 5.91 Å². The molecule has 0 saturated carbocycles. The number of benzene rings is 1. The maximum atomic E-state index is 14.2. The molecule has 0 spiro atoms. The van der Waals surface area contributed by atoms with E-state index in [1.165, 1.54) is 0 Å². The summed E-state index contributed by atoms with van der Waals surface area (Å²) in [4.78, 5) is 22.5. The fraction of sp³-hybridized carbons (Fsp3) is 0.529. The minimum atomic E-state index is -0.344. The van der Waals surface area contributed by atoms with Crippen molar-refractivity contribution >= 4 is 17.4 Å². The van der Waals surface area contributed by atoms with Crippen molar-refractivity contribution in [2.24, 2.45) is 0 Å². The third-order valence-corrected chi connectivity index (χ3v) is 3.47. The molecule has 0 bridgehead atoms. The zero-order valence-electron chi connectivity index (χ0n) is 12.9. The molecular formula is C17H26FNO2. The van der Waals surface area contributed by atoms with Gasteiger partial charge in [-0.2, -0.15) is 0 Å². The number of nitrogens with one attached hydrogen (secondary N) is 1. The van der Waals surface area contributed by atoms with E-state index in [1.807, 2.05) is 6.92 Å². The second kappa shape index (κ2) is 9.27. The second-order valence-corrected chi connectivity index (χ2v) is 5.13. The Bertz CT molecular complexity index is 492. The van der Waals surface area contributed by atoms with E-state index < -0.39 is 0 Å². The van der Waals surface area contributed by atoms with Gasteiger partial charge in [0, 0.05) is 20.7 Å². The molecule has 0 radical (unpaired) electrons. The Morgan fingerprint density at radius 1 is 1.14 bits per heavy atom. The number of hydrogen-bond acceptors (Lipinski definition) is 2. The molecule has 1 amide bonds. The number of aryl methyl sites for hydroxylation is 1. The van der Waals surface area contributed by atoms with Crippen LogP contribution in [0.5, 0.6) is 0 Å². The number of ketones is 1. The van der Waals surface area contributed by atoms with Gasteiger partial charge in [-0.05, 0) is 30.9 Å². The van der Waals surface area contributed by atoms with E-state index in [4.69, 9.17) is 0 Å². The first-order valence-corrected chi connectivity index (χ1v) is 7.67. The number of hydrogen-bond donors (Lipinski definition) is 1. The summed E-state index contributed by atoms with van der Waals surface area (Å²) in [6.07, 6.45) is 4.78.